The molecule has 0 bridgehead atoms. The van der Waals surface area contributed by atoms with Crippen molar-refractivity contribution in [3.63, 3.8) is 0 Å². The highest BCUT2D eigenvalue weighted by molar-refractivity contribution is 5.24. The first kappa shape index (κ1) is 9.36. The number of nitrogens with zero attached hydrogens (tertiary/aromatic N) is 1. The van der Waals surface area contributed by atoms with Gasteiger partial charge >= 0.3 is 0 Å². The van der Waals surface area contributed by atoms with Gasteiger partial charge in [-0.05, 0) is 25.4 Å². The van der Waals surface area contributed by atoms with Gasteiger partial charge in [-0.25, -0.2) is 0 Å². The Labute approximate surface area is 89.0 Å². The number of aromatic nitrogens is 1. The van der Waals surface area contributed by atoms with E-state index in [1.54, 1.807) is 0 Å². The second kappa shape index (κ2) is 3.94. The standard InChI is InChI=1S/C11H16N2O2/c1-3-12-6-8(1)5-11-9-7-14-4-2-10(9)13-15-11/h8,12H,1-7H2. The molecule has 1 N–H and O–H groups in total. The molecule has 1 aromatic rings. The molecule has 1 fully saturated rings. The fourth-order valence-corrected chi connectivity index (χ4v) is 2.40. The van der Waals surface area contributed by atoms with Crippen LogP contribution in [-0.4, -0.2) is 24.9 Å². The molecule has 2 aliphatic rings. The van der Waals surface area contributed by atoms with Gasteiger partial charge in [-0.2, -0.15) is 0 Å². The normalized spacial score (nSPS) is 25.5. The zero-order valence-corrected chi connectivity index (χ0v) is 8.79. The third kappa shape index (κ3) is 1.79. The van der Waals surface area contributed by atoms with Crippen LogP contribution in [-0.2, 0) is 24.2 Å². The molecule has 0 amide bonds. The number of ether oxygens (including phenoxy) is 1. The van der Waals surface area contributed by atoms with Gasteiger partial charge in [-0.15, -0.1) is 0 Å². The lowest BCUT2D eigenvalue weighted by Gasteiger charge is -2.11. The molecular weight excluding hydrogens is 192 g/mol. The zero-order chi connectivity index (χ0) is 10.1. The fraction of sp³-hybridized carbons (Fsp3) is 0.727. The van der Waals surface area contributed by atoms with Crippen LogP contribution in [0.4, 0.5) is 0 Å². The van der Waals surface area contributed by atoms with Crippen LogP contribution in [0.15, 0.2) is 4.52 Å². The monoisotopic (exact) mass is 208 g/mol. The molecule has 1 saturated heterocycles. The number of fused-ring (bicyclic) bond motifs is 1. The molecule has 1 aromatic heterocycles. The van der Waals surface area contributed by atoms with Crippen LogP contribution in [0.3, 0.4) is 0 Å². The van der Waals surface area contributed by atoms with Crippen molar-refractivity contribution in [1.82, 2.24) is 10.5 Å². The van der Waals surface area contributed by atoms with E-state index in [1.165, 1.54) is 12.0 Å². The Morgan fingerprint density at radius 2 is 2.47 bits per heavy atom. The Kier molecular flexibility index (Phi) is 2.46. The van der Waals surface area contributed by atoms with Crippen LogP contribution in [0.25, 0.3) is 0 Å². The molecule has 3 rings (SSSR count). The van der Waals surface area contributed by atoms with Gasteiger partial charge in [0.2, 0.25) is 0 Å². The summed E-state index contributed by atoms with van der Waals surface area (Å²) in [6.45, 7) is 3.71. The summed E-state index contributed by atoms with van der Waals surface area (Å²) in [5, 5.41) is 7.49. The minimum atomic E-state index is 0.689. The number of rotatable bonds is 2. The highest BCUT2D eigenvalue weighted by Gasteiger charge is 2.23. The molecular formula is C11H16N2O2. The molecule has 1 unspecified atom stereocenters. The van der Waals surface area contributed by atoms with E-state index < -0.39 is 0 Å². The largest absolute Gasteiger partial charge is 0.376 e. The minimum Gasteiger partial charge on any atom is -0.376 e. The molecule has 0 spiro atoms. The van der Waals surface area contributed by atoms with Crippen molar-refractivity contribution in [3.05, 3.63) is 17.0 Å². The van der Waals surface area contributed by atoms with E-state index in [9.17, 15) is 0 Å². The van der Waals surface area contributed by atoms with Crippen LogP contribution in [0.5, 0.6) is 0 Å². The van der Waals surface area contributed by atoms with Crippen molar-refractivity contribution in [1.29, 1.82) is 0 Å². The first-order valence-electron chi connectivity index (χ1n) is 5.68. The Balaban J connectivity index is 1.76. The van der Waals surface area contributed by atoms with Crippen molar-refractivity contribution in [2.75, 3.05) is 19.7 Å². The molecule has 82 valence electrons. The number of hydrogen-bond donors (Lipinski definition) is 1. The molecule has 2 aliphatic heterocycles. The van der Waals surface area contributed by atoms with Gasteiger partial charge in [0.1, 0.15) is 5.76 Å². The lowest BCUT2D eigenvalue weighted by molar-refractivity contribution is 0.109. The first-order chi connectivity index (χ1) is 7.43. The number of hydrogen-bond acceptors (Lipinski definition) is 4. The fourth-order valence-electron chi connectivity index (χ4n) is 2.40. The number of nitrogens with one attached hydrogen (secondary N) is 1. The quantitative estimate of drug-likeness (QED) is 0.784. The zero-order valence-electron chi connectivity index (χ0n) is 8.79. The van der Waals surface area contributed by atoms with Crippen LogP contribution >= 0.6 is 0 Å². The van der Waals surface area contributed by atoms with Gasteiger partial charge in [0, 0.05) is 18.4 Å². The van der Waals surface area contributed by atoms with Crippen LogP contribution in [0.2, 0.25) is 0 Å². The second-order valence-electron chi connectivity index (χ2n) is 4.40. The topological polar surface area (TPSA) is 47.3 Å². The lowest BCUT2D eigenvalue weighted by atomic mass is 9.99. The van der Waals surface area contributed by atoms with E-state index in [4.69, 9.17) is 9.26 Å². The van der Waals surface area contributed by atoms with E-state index in [1.807, 2.05) is 0 Å². The van der Waals surface area contributed by atoms with Gasteiger partial charge in [-0.1, -0.05) is 5.16 Å². The second-order valence-corrected chi connectivity index (χ2v) is 4.40. The molecule has 15 heavy (non-hydrogen) atoms. The van der Waals surface area contributed by atoms with E-state index in [2.05, 4.69) is 10.5 Å². The van der Waals surface area contributed by atoms with Crippen LogP contribution in [0.1, 0.15) is 23.4 Å². The molecule has 0 aliphatic carbocycles. The Hall–Kier alpha value is -0.870. The predicted octanol–water partition coefficient (Wildman–Crippen LogP) is 0.899. The predicted molar refractivity (Wildman–Crippen MR) is 54.5 cm³/mol. The van der Waals surface area contributed by atoms with Crippen molar-refractivity contribution >= 4 is 0 Å². The molecule has 1 atom stereocenters. The summed E-state index contributed by atoms with van der Waals surface area (Å²) < 4.78 is 10.9. The Morgan fingerprint density at radius 3 is 3.33 bits per heavy atom. The SMILES string of the molecule is C1CC(Cc2onc3c2COCC3)CN1. The lowest BCUT2D eigenvalue weighted by Crippen LogP contribution is -2.13. The summed E-state index contributed by atoms with van der Waals surface area (Å²) in [5.41, 5.74) is 2.33. The maximum Gasteiger partial charge on any atom is 0.142 e. The smallest absolute Gasteiger partial charge is 0.142 e. The van der Waals surface area contributed by atoms with Crippen molar-refractivity contribution in [2.45, 2.75) is 25.9 Å². The first-order valence-corrected chi connectivity index (χ1v) is 5.68. The van der Waals surface area contributed by atoms with Crippen LogP contribution in [0, 0.1) is 5.92 Å². The highest BCUT2D eigenvalue weighted by Crippen LogP contribution is 2.24. The maximum absolute atomic E-state index is 5.44. The van der Waals surface area contributed by atoms with Gasteiger partial charge < -0.3 is 14.6 Å². The summed E-state index contributed by atoms with van der Waals surface area (Å²) >= 11 is 0. The van der Waals surface area contributed by atoms with Crippen LogP contribution < -0.4 is 5.32 Å². The van der Waals surface area contributed by atoms with E-state index in [0.717, 1.165) is 44.0 Å². The molecule has 0 radical (unpaired) electrons. The van der Waals surface area contributed by atoms with Gasteiger partial charge in [0.05, 0.1) is 18.9 Å². The van der Waals surface area contributed by atoms with E-state index >= 15 is 0 Å². The van der Waals surface area contributed by atoms with Gasteiger partial charge in [0.25, 0.3) is 0 Å². The third-order valence-corrected chi connectivity index (χ3v) is 3.32. The summed E-state index contributed by atoms with van der Waals surface area (Å²) in [6.07, 6.45) is 3.16. The summed E-state index contributed by atoms with van der Waals surface area (Å²) in [7, 11) is 0. The van der Waals surface area contributed by atoms with E-state index in [-0.39, 0.29) is 0 Å². The van der Waals surface area contributed by atoms with Gasteiger partial charge in [0.15, 0.2) is 0 Å². The molecule has 4 heteroatoms. The molecule has 3 heterocycles. The minimum absolute atomic E-state index is 0.689. The maximum atomic E-state index is 5.44. The summed E-state index contributed by atoms with van der Waals surface area (Å²) in [5.74, 6) is 1.77. The van der Waals surface area contributed by atoms with Crippen molar-refractivity contribution in [2.24, 2.45) is 5.92 Å². The molecule has 4 nitrogen and oxygen atoms in total. The Morgan fingerprint density at radius 1 is 1.47 bits per heavy atom. The van der Waals surface area contributed by atoms with Crippen molar-refractivity contribution < 1.29 is 9.26 Å². The van der Waals surface area contributed by atoms with Gasteiger partial charge in [-0.3, -0.25) is 0 Å². The summed E-state index contributed by atoms with van der Waals surface area (Å²) in [6, 6.07) is 0. The third-order valence-electron chi connectivity index (χ3n) is 3.32. The summed E-state index contributed by atoms with van der Waals surface area (Å²) in [4.78, 5) is 0. The van der Waals surface area contributed by atoms with Crippen molar-refractivity contribution in [3.8, 4) is 0 Å². The average molecular weight is 208 g/mol. The average Bonchev–Trinajstić information content (AvgIpc) is 2.89. The Bertz CT molecular complexity index is 342. The molecule has 0 aromatic carbocycles. The molecule has 0 saturated carbocycles. The highest BCUT2D eigenvalue weighted by atomic mass is 16.5. The van der Waals surface area contributed by atoms with E-state index in [0.29, 0.717) is 12.5 Å².